The minimum absolute atomic E-state index is 0.0959. The molecule has 134 valence electrons. The predicted octanol–water partition coefficient (Wildman–Crippen LogP) is 3.39. The lowest BCUT2D eigenvalue weighted by Gasteiger charge is -2.26. The van der Waals surface area contributed by atoms with Crippen molar-refractivity contribution in [2.75, 3.05) is 33.5 Å². The summed E-state index contributed by atoms with van der Waals surface area (Å²) in [5.41, 5.74) is 0. The molecule has 0 radical (unpaired) electrons. The van der Waals surface area contributed by atoms with Gasteiger partial charge in [0.25, 0.3) is 0 Å². The summed E-state index contributed by atoms with van der Waals surface area (Å²) in [6, 6.07) is 0. The summed E-state index contributed by atoms with van der Waals surface area (Å²) < 4.78 is 21.3. The highest BCUT2D eigenvalue weighted by atomic mass is 31.2. The van der Waals surface area contributed by atoms with Crippen LogP contribution in [0.4, 0.5) is 0 Å². The monoisotopic (exact) mass is 347 g/mol. The zero-order valence-electron chi connectivity index (χ0n) is 14.4. The normalized spacial score (nSPS) is 15.7. The van der Waals surface area contributed by atoms with E-state index in [9.17, 15) is 14.2 Å². The third-order valence-corrected chi connectivity index (χ3v) is 6.08. The fourth-order valence-corrected chi connectivity index (χ4v) is 3.75. The lowest BCUT2D eigenvalue weighted by atomic mass is 10.1. The molecule has 0 aromatic heterocycles. The van der Waals surface area contributed by atoms with E-state index in [0.717, 1.165) is 51.6 Å². The van der Waals surface area contributed by atoms with Crippen molar-refractivity contribution in [3.05, 3.63) is 0 Å². The fraction of sp³-hybridized carbons (Fsp3) is 0.875. The molecule has 1 heterocycles. The Morgan fingerprint density at radius 2 is 1.48 bits per heavy atom. The summed E-state index contributed by atoms with van der Waals surface area (Å²) in [7, 11) is -0.650. The number of carbonyl (C=O) groups is 2. The van der Waals surface area contributed by atoms with Crippen LogP contribution in [0.25, 0.3) is 0 Å². The van der Waals surface area contributed by atoms with Gasteiger partial charge in [0.2, 0.25) is 5.91 Å². The number of amides is 1. The number of unbranched alkanes of at least 4 members (excludes halogenated alkanes) is 3. The number of ketones is 1. The standard InChI is InChI=1S/C16H30NO5P/c1-21-23(20,22-2)14-15(18)10-6-3-4-7-11-16(19)17-12-8-5-9-13-17/h3-14H2,1-2H3. The molecule has 0 saturated carbocycles. The predicted molar refractivity (Wildman–Crippen MR) is 89.6 cm³/mol. The van der Waals surface area contributed by atoms with Crippen LogP contribution in [0.2, 0.25) is 0 Å². The molecule has 0 N–H and O–H groups in total. The van der Waals surface area contributed by atoms with Crippen molar-refractivity contribution >= 4 is 19.3 Å². The van der Waals surface area contributed by atoms with E-state index < -0.39 is 7.60 Å². The number of piperidine rings is 1. The molecular formula is C16H30NO5P. The lowest BCUT2D eigenvalue weighted by Crippen LogP contribution is -2.35. The van der Waals surface area contributed by atoms with Gasteiger partial charge in [-0.05, 0) is 32.1 Å². The summed E-state index contributed by atoms with van der Waals surface area (Å²) in [6.45, 7) is 1.82. The van der Waals surface area contributed by atoms with Crippen LogP contribution in [0, 0.1) is 0 Å². The Morgan fingerprint density at radius 3 is 2.04 bits per heavy atom. The van der Waals surface area contributed by atoms with E-state index in [1.54, 1.807) is 0 Å². The van der Waals surface area contributed by atoms with Gasteiger partial charge in [-0.1, -0.05) is 12.8 Å². The average Bonchev–Trinajstić information content (AvgIpc) is 2.58. The van der Waals surface area contributed by atoms with Crippen molar-refractivity contribution in [2.45, 2.75) is 57.8 Å². The molecule has 1 fully saturated rings. The van der Waals surface area contributed by atoms with Crippen LogP contribution in [0.1, 0.15) is 57.8 Å². The zero-order valence-corrected chi connectivity index (χ0v) is 15.3. The molecule has 7 heteroatoms. The summed E-state index contributed by atoms with van der Waals surface area (Å²) in [6.07, 6.45) is 7.80. The summed E-state index contributed by atoms with van der Waals surface area (Å²) in [5.74, 6) is 0.170. The summed E-state index contributed by atoms with van der Waals surface area (Å²) in [4.78, 5) is 25.7. The van der Waals surface area contributed by atoms with Crippen LogP contribution < -0.4 is 0 Å². The van der Waals surface area contributed by atoms with Crippen LogP contribution in [0.3, 0.4) is 0 Å². The van der Waals surface area contributed by atoms with Crippen molar-refractivity contribution in [2.24, 2.45) is 0 Å². The first-order valence-electron chi connectivity index (χ1n) is 8.51. The van der Waals surface area contributed by atoms with Gasteiger partial charge in [0.15, 0.2) is 0 Å². The second kappa shape index (κ2) is 11.0. The molecule has 23 heavy (non-hydrogen) atoms. The number of Topliss-reactive ketones (excluding diaryl/α,β-unsaturated/α-hetero) is 1. The molecule has 0 aromatic rings. The Balaban J connectivity index is 2.05. The van der Waals surface area contributed by atoms with Gasteiger partial charge in [-0.2, -0.15) is 0 Å². The molecule has 1 rings (SSSR count). The van der Waals surface area contributed by atoms with Gasteiger partial charge in [-0.15, -0.1) is 0 Å². The van der Waals surface area contributed by atoms with E-state index in [1.165, 1.54) is 20.6 Å². The third-order valence-electron chi connectivity index (χ3n) is 4.23. The number of nitrogens with zero attached hydrogens (tertiary/aromatic N) is 1. The molecule has 0 spiro atoms. The highest BCUT2D eigenvalue weighted by molar-refractivity contribution is 7.54. The van der Waals surface area contributed by atoms with Gasteiger partial charge in [0, 0.05) is 40.2 Å². The van der Waals surface area contributed by atoms with Gasteiger partial charge in [-0.25, -0.2) is 0 Å². The maximum absolute atomic E-state index is 12.0. The molecule has 0 aromatic carbocycles. The molecule has 6 nitrogen and oxygen atoms in total. The Labute approximate surface area is 139 Å². The molecule has 1 saturated heterocycles. The average molecular weight is 347 g/mol. The molecule has 0 bridgehead atoms. The number of likely N-dealkylation sites (tertiary alicyclic amines) is 1. The second-order valence-electron chi connectivity index (χ2n) is 6.03. The van der Waals surface area contributed by atoms with E-state index in [-0.39, 0.29) is 17.9 Å². The van der Waals surface area contributed by atoms with Gasteiger partial charge >= 0.3 is 7.60 Å². The summed E-state index contributed by atoms with van der Waals surface area (Å²) >= 11 is 0. The Kier molecular flexibility index (Phi) is 9.68. The molecule has 0 aliphatic carbocycles. The Bertz CT molecular complexity index is 413. The number of hydrogen-bond acceptors (Lipinski definition) is 5. The van der Waals surface area contributed by atoms with Crippen molar-refractivity contribution < 1.29 is 23.2 Å². The van der Waals surface area contributed by atoms with Crippen molar-refractivity contribution in [1.82, 2.24) is 4.90 Å². The molecule has 0 unspecified atom stereocenters. The van der Waals surface area contributed by atoms with Crippen LogP contribution in [0.5, 0.6) is 0 Å². The Morgan fingerprint density at radius 1 is 0.913 bits per heavy atom. The SMILES string of the molecule is COP(=O)(CC(=O)CCCCCCC(=O)N1CCCCC1)OC. The zero-order chi connectivity index (χ0) is 17.1. The highest BCUT2D eigenvalue weighted by Crippen LogP contribution is 2.46. The molecule has 1 aliphatic rings. The fourth-order valence-electron chi connectivity index (χ4n) is 2.75. The molecular weight excluding hydrogens is 317 g/mol. The van der Waals surface area contributed by atoms with Gasteiger partial charge < -0.3 is 13.9 Å². The quantitative estimate of drug-likeness (QED) is 0.423. The van der Waals surface area contributed by atoms with Crippen LogP contribution in [-0.4, -0.2) is 50.1 Å². The van der Waals surface area contributed by atoms with Gasteiger partial charge in [-0.3, -0.25) is 14.2 Å². The molecule has 0 atom stereocenters. The van der Waals surface area contributed by atoms with Gasteiger partial charge in [0.05, 0.1) is 0 Å². The number of rotatable bonds is 11. The third kappa shape index (κ3) is 8.09. The first-order valence-corrected chi connectivity index (χ1v) is 10.2. The van der Waals surface area contributed by atoms with Crippen molar-refractivity contribution in [3.8, 4) is 0 Å². The van der Waals surface area contributed by atoms with Crippen molar-refractivity contribution in [1.29, 1.82) is 0 Å². The topological polar surface area (TPSA) is 72.9 Å². The number of carbonyl (C=O) groups excluding carboxylic acids is 2. The first kappa shape index (κ1) is 20.3. The minimum atomic E-state index is -3.23. The van der Waals surface area contributed by atoms with E-state index in [1.807, 2.05) is 4.90 Å². The van der Waals surface area contributed by atoms with Crippen LogP contribution in [-0.2, 0) is 23.2 Å². The van der Waals surface area contributed by atoms with Gasteiger partial charge in [0.1, 0.15) is 11.9 Å². The molecule has 1 aliphatic heterocycles. The maximum atomic E-state index is 12.0. The minimum Gasteiger partial charge on any atom is -0.343 e. The second-order valence-corrected chi connectivity index (χ2v) is 8.30. The molecule has 1 amide bonds. The highest BCUT2D eigenvalue weighted by Gasteiger charge is 2.24. The Hall–Kier alpha value is -0.710. The first-order chi connectivity index (χ1) is 11.0. The van der Waals surface area contributed by atoms with E-state index in [2.05, 4.69) is 0 Å². The van der Waals surface area contributed by atoms with Crippen molar-refractivity contribution in [3.63, 3.8) is 0 Å². The van der Waals surface area contributed by atoms with E-state index in [4.69, 9.17) is 9.05 Å². The van der Waals surface area contributed by atoms with E-state index in [0.29, 0.717) is 12.8 Å². The number of hydrogen-bond donors (Lipinski definition) is 0. The largest absolute Gasteiger partial charge is 0.343 e. The van der Waals surface area contributed by atoms with Crippen LogP contribution >= 0.6 is 7.60 Å². The maximum Gasteiger partial charge on any atom is 0.337 e. The smallest absolute Gasteiger partial charge is 0.337 e. The summed E-state index contributed by atoms with van der Waals surface area (Å²) in [5, 5.41) is 0. The lowest BCUT2D eigenvalue weighted by molar-refractivity contribution is -0.132. The van der Waals surface area contributed by atoms with E-state index >= 15 is 0 Å². The van der Waals surface area contributed by atoms with Crippen LogP contribution in [0.15, 0.2) is 0 Å².